The number of urea groups is 1. The lowest BCUT2D eigenvalue weighted by Crippen LogP contribution is -2.31. The molecule has 2 aromatic rings. The first kappa shape index (κ1) is 13.7. The summed E-state index contributed by atoms with van der Waals surface area (Å²) in [6, 6.07) is 14.0. The molecule has 0 saturated heterocycles. The van der Waals surface area contributed by atoms with Crippen molar-refractivity contribution in [2.24, 2.45) is 0 Å². The molecular weight excluding hydrogens is 254 g/mol. The van der Waals surface area contributed by atoms with Crippen LogP contribution in [0, 0.1) is 0 Å². The molecule has 0 spiro atoms. The fourth-order valence-corrected chi connectivity index (χ4v) is 1.70. The van der Waals surface area contributed by atoms with Gasteiger partial charge in [0.15, 0.2) is 0 Å². The van der Waals surface area contributed by atoms with Crippen molar-refractivity contribution >= 4 is 23.1 Å². The molecule has 2 rings (SSSR count). The monoisotopic (exact) mass is 271 g/mol. The van der Waals surface area contributed by atoms with Crippen molar-refractivity contribution in [3.05, 3.63) is 48.5 Å². The summed E-state index contributed by atoms with van der Waals surface area (Å²) in [5.41, 5.74) is 7.76. The summed E-state index contributed by atoms with van der Waals surface area (Å²) < 4.78 is 5.07. The van der Waals surface area contributed by atoms with Crippen LogP contribution in [0.5, 0.6) is 5.75 Å². The Balaban J connectivity index is 2.05. The minimum absolute atomic E-state index is 0.222. The molecule has 0 aromatic heterocycles. The fraction of sp³-hybridized carbons (Fsp3) is 0.133. The third kappa shape index (κ3) is 3.20. The zero-order valence-corrected chi connectivity index (χ0v) is 11.5. The highest BCUT2D eigenvalue weighted by Gasteiger charge is 2.10. The van der Waals surface area contributed by atoms with Crippen LogP contribution >= 0.6 is 0 Å². The molecule has 20 heavy (non-hydrogen) atoms. The Bertz CT molecular complexity index is 579. The molecule has 0 heterocycles. The van der Waals surface area contributed by atoms with E-state index in [4.69, 9.17) is 10.5 Å². The van der Waals surface area contributed by atoms with Gasteiger partial charge in [-0.1, -0.05) is 0 Å². The number of nitrogen functional groups attached to an aromatic ring is 1. The number of amides is 2. The second kappa shape index (κ2) is 5.97. The van der Waals surface area contributed by atoms with Gasteiger partial charge in [-0.2, -0.15) is 0 Å². The van der Waals surface area contributed by atoms with Crippen LogP contribution in [-0.4, -0.2) is 20.2 Å². The van der Waals surface area contributed by atoms with Crippen molar-refractivity contribution in [1.82, 2.24) is 0 Å². The molecule has 2 amide bonds. The van der Waals surface area contributed by atoms with Crippen molar-refractivity contribution in [1.29, 1.82) is 0 Å². The molecule has 3 N–H and O–H groups in total. The Hall–Kier alpha value is -2.69. The molecule has 2 aromatic carbocycles. The van der Waals surface area contributed by atoms with Crippen LogP contribution in [0.4, 0.5) is 21.9 Å². The van der Waals surface area contributed by atoms with Crippen LogP contribution < -0.4 is 20.7 Å². The quantitative estimate of drug-likeness (QED) is 0.843. The Labute approximate surface area is 118 Å². The molecule has 5 nitrogen and oxygen atoms in total. The van der Waals surface area contributed by atoms with E-state index in [1.165, 1.54) is 4.90 Å². The topological polar surface area (TPSA) is 67.6 Å². The minimum Gasteiger partial charge on any atom is -0.497 e. The predicted molar refractivity (Wildman–Crippen MR) is 81.3 cm³/mol. The molecule has 0 unspecified atom stereocenters. The highest BCUT2D eigenvalue weighted by Crippen LogP contribution is 2.18. The molecule has 0 aliphatic carbocycles. The largest absolute Gasteiger partial charge is 0.497 e. The highest BCUT2D eigenvalue weighted by atomic mass is 16.5. The Morgan fingerprint density at radius 1 is 1.10 bits per heavy atom. The van der Waals surface area contributed by atoms with E-state index in [9.17, 15) is 4.79 Å². The molecule has 0 aliphatic rings. The van der Waals surface area contributed by atoms with Crippen LogP contribution in [0.25, 0.3) is 0 Å². The summed E-state index contributed by atoms with van der Waals surface area (Å²) in [6.07, 6.45) is 0. The van der Waals surface area contributed by atoms with Crippen LogP contribution in [0.15, 0.2) is 48.5 Å². The average molecular weight is 271 g/mol. The van der Waals surface area contributed by atoms with E-state index < -0.39 is 0 Å². The number of nitrogens with one attached hydrogen (secondary N) is 1. The lowest BCUT2D eigenvalue weighted by molar-refractivity contribution is 0.258. The number of nitrogens with zero attached hydrogens (tertiary/aromatic N) is 1. The number of benzene rings is 2. The number of anilines is 3. The van der Waals surface area contributed by atoms with E-state index in [1.807, 2.05) is 0 Å². The van der Waals surface area contributed by atoms with E-state index >= 15 is 0 Å². The average Bonchev–Trinajstić information content (AvgIpc) is 2.48. The molecule has 0 radical (unpaired) electrons. The molecule has 0 bridgehead atoms. The van der Waals surface area contributed by atoms with Crippen LogP contribution in [0.1, 0.15) is 0 Å². The van der Waals surface area contributed by atoms with Crippen molar-refractivity contribution in [2.75, 3.05) is 30.1 Å². The third-order valence-corrected chi connectivity index (χ3v) is 2.93. The molecule has 0 atom stereocenters. The van der Waals surface area contributed by atoms with E-state index in [2.05, 4.69) is 5.32 Å². The number of hydrogen-bond acceptors (Lipinski definition) is 3. The second-order valence-corrected chi connectivity index (χ2v) is 4.31. The number of nitrogens with two attached hydrogens (primary N) is 1. The van der Waals surface area contributed by atoms with E-state index in [-0.39, 0.29) is 6.03 Å². The number of ether oxygens (including phenoxy) is 1. The molecule has 0 aliphatic heterocycles. The molecule has 104 valence electrons. The van der Waals surface area contributed by atoms with Gasteiger partial charge in [0.05, 0.1) is 7.11 Å². The fourth-order valence-electron chi connectivity index (χ4n) is 1.70. The van der Waals surface area contributed by atoms with Gasteiger partial charge in [-0.3, -0.25) is 4.90 Å². The SMILES string of the molecule is COc1ccc(NC(=O)N(C)c2ccc(N)cc2)cc1. The van der Waals surface area contributed by atoms with Gasteiger partial charge < -0.3 is 15.8 Å². The van der Waals surface area contributed by atoms with Gasteiger partial charge >= 0.3 is 6.03 Å². The summed E-state index contributed by atoms with van der Waals surface area (Å²) in [4.78, 5) is 13.6. The number of hydrogen-bond donors (Lipinski definition) is 2. The van der Waals surface area contributed by atoms with Gasteiger partial charge in [-0.15, -0.1) is 0 Å². The van der Waals surface area contributed by atoms with Crippen molar-refractivity contribution in [2.45, 2.75) is 0 Å². The van der Waals surface area contributed by atoms with Gasteiger partial charge in [-0.05, 0) is 48.5 Å². The first-order valence-corrected chi connectivity index (χ1v) is 6.14. The number of methoxy groups -OCH3 is 1. The van der Waals surface area contributed by atoms with Gasteiger partial charge in [0, 0.05) is 24.1 Å². The molecule has 0 saturated carbocycles. The standard InChI is InChI=1S/C15H17N3O2/c1-18(13-7-3-11(16)4-8-13)15(19)17-12-5-9-14(20-2)10-6-12/h3-10H,16H2,1-2H3,(H,17,19). The lowest BCUT2D eigenvalue weighted by atomic mass is 10.2. The van der Waals surface area contributed by atoms with Crippen LogP contribution in [0.3, 0.4) is 0 Å². The van der Waals surface area contributed by atoms with Crippen LogP contribution in [-0.2, 0) is 0 Å². The van der Waals surface area contributed by atoms with Crippen LogP contribution in [0.2, 0.25) is 0 Å². The summed E-state index contributed by atoms with van der Waals surface area (Å²) >= 11 is 0. The van der Waals surface area contributed by atoms with Gasteiger partial charge in [0.25, 0.3) is 0 Å². The second-order valence-electron chi connectivity index (χ2n) is 4.31. The maximum absolute atomic E-state index is 12.1. The zero-order chi connectivity index (χ0) is 14.5. The van der Waals surface area contributed by atoms with Crippen molar-refractivity contribution < 1.29 is 9.53 Å². The predicted octanol–water partition coefficient (Wildman–Crippen LogP) is 2.95. The summed E-state index contributed by atoms with van der Waals surface area (Å²) in [6.45, 7) is 0. The maximum atomic E-state index is 12.1. The Kier molecular flexibility index (Phi) is 4.10. The van der Waals surface area contributed by atoms with Gasteiger partial charge in [0.2, 0.25) is 0 Å². The van der Waals surface area contributed by atoms with E-state index in [0.717, 1.165) is 11.4 Å². The number of carbonyl (C=O) groups is 1. The number of rotatable bonds is 3. The summed E-state index contributed by atoms with van der Waals surface area (Å²) in [5, 5.41) is 2.81. The lowest BCUT2D eigenvalue weighted by Gasteiger charge is -2.18. The minimum atomic E-state index is -0.222. The van der Waals surface area contributed by atoms with Gasteiger partial charge in [-0.25, -0.2) is 4.79 Å². The van der Waals surface area contributed by atoms with Crippen molar-refractivity contribution in [3.8, 4) is 5.75 Å². The Morgan fingerprint density at radius 3 is 2.25 bits per heavy atom. The van der Waals surface area contributed by atoms with Gasteiger partial charge in [0.1, 0.15) is 5.75 Å². The smallest absolute Gasteiger partial charge is 0.326 e. The third-order valence-electron chi connectivity index (χ3n) is 2.93. The normalized spacial score (nSPS) is 9.90. The van der Waals surface area contributed by atoms with E-state index in [1.54, 1.807) is 62.7 Å². The first-order chi connectivity index (χ1) is 9.60. The molecular formula is C15H17N3O2. The highest BCUT2D eigenvalue weighted by molar-refractivity contribution is 6.01. The molecule has 5 heteroatoms. The van der Waals surface area contributed by atoms with E-state index in [0.29, 0.717) is 11.4 Å². The molecule has 0 fully saturated rings. The summed E-state index contributed by atoms with van der Waals surface area (Å²) in [7, 11) is 3.30. The Morgan fingerprint density at radius 2 is 1.70 bits per heavy atom. The summed E-state index contributed by atoms with van der Waals surface area (Å²) in [5.74, 6) is 0.745. The number of carbonyl (C=O) groups excluding carboxylic acids is 1. The van der Waals surface area contributed by atoms with Crippen molar-refractivity contribution in [3.63, 3.8) is 0 Å². The zero-order valence-electron chi connectivity index (χ0n) is 11.5. The first-order valence-electron chi connectivity index (χ1n) is 6.14. The maximum Gasteiger partial charge on any atom is 0.326 e.